The maximum absolute atomic E-state index is 2.44. The van der Waals surface area contributed by atoms with Gasteiger partial charge >= 0.3 is 0 Å². The van der Waals surface area contributed by atoms with Gasteiger partial charge in [-0.05, 0) is 60.5 Å². The van der Waals surface area contributed by atoms with Crippen molar-refractivity contribution in [2.45, 2.75) is 50.4 Å². The minimum absolute atomic E-state index is 0.623. The lowest BCUT2D eigenvalue weighted by Crippen LogP contribution is -2.40. The summed E-state index contributed by atoms with van der Waals surface area (Å²) in [5, 5.41) is 0. The molecule has 0 nitrogen and oxygen atoms in total. The Balaban J connectivity index is 1.92. The standard InChI is InChI=1S/C16H20/c1-2-6-14-12(5-1)11-13-8-10-16(14)9-4-3-7-15(13)16/h1-2,5-6,13,15H,3-4,7-11H2. The molecule has 84 valence electrons. The third-order valence-electron chi connectivity index (χ3n) is 5.66. The second-order valence-electron chi connectivity index (χ2n) is 6.17. The Bertz CT molecular complexity index is 420. The highest BCUT2D eigenvalue weighted by Crippen LogP contribution is 2.60. The van der Waals surface area contributed by atoms with Gasteiger partial charge in [0.2, 0.25) is 0 Å². The van der Waals surface area contributed by atoms with Gasteiger partial charge in [0.15, 0.2) is 0 Å². The molecular formula is C16H20. The Labute approximate surface area is 98.1 Å². The van der Waals surface area contributed by atoms with Crippen LogP contribution in [0.25, 0.3) is 0 Å². The monoisotopic (exact) mass is 212 g/mol. The fourth-order valence-electron chi connectivity index (χ4n) is 5.09. The van der Waals surface area contributed by atoms with E-state index < -0.39 is 0 Å². The highest BCUT2D eigenvalue weighted by Gasteiger charge is 2.53. The largest absolute Gasteiger partial charge is 0.0620 e. The van der Waals surface area contributed by atoms with Crippen molar-refractivity contribution in [3.8, 4) is 0 Å². The predicted molar refractivity (Wildman–Crippen MR) is 66.5 cm³/mol. The molecule has 0 spiro atoms. The molecule has 0 heterocycles. The quantitative estimate of drug-likeness (QED) is 0.608. The van der Waals surface area contributed by atoms with Crippen LogP contribution in [0.1, 0.15) is 49.7 Å². The van der Waals surface area contributed by atoms with E-state index in [2.05, 4.69) is 24.3 Å². The van der Waals surface area contributed by atoms with Gasteiger partial charge in [0.1, 0.15) is 0 Å². The summed E-state index contributed by atoms with van der Waals surface area (Å²) in [6.45, 7) is 0. The van der Waals surface area contributed by atoms with Gasteiger partial charge in [-0.15, -0.1) is 0 Å². The molecule has 3 atom stereocenters. The van der Waals surface area contributed by atoms with Crippen LogP contribution in [0.3, 0.4) is 0 Å². The van der Waals surface area contributed by atoms with E-state index >= 15 is 0 Å². The highest BCUT2D eigenvalue weighted by molar-refractivity contribution is 5.40. The number of fused-ring (bicyclic) bond motifs is 1. The van der Waals surface area contributed by atoms with Crippen LogP contribution in [0.2, 0.25) is 0 Å². The smallest absolute Gasteiger partial charge is 0.00132 e. The second kappa shape index (κ2) is 3.12. The average Bonchev–Trinajstić information content (AvgIpc) is 2.63. The number of rotatable bonds is 0. The Morgan fingerprint density at radius 3 is 2.94 bits per heavy atom. The third kappa shape index (κ3) is 1.01. The fourth-order valence-corrected chi connectivity index (χ4v) is 5.09. The first-order valence-electron chi connectivity index (χ1n) is 6.98. The summed E-state index contributed by atoms with van der Waals surface area (Å²) < 4.78 is 0. The van der Waals surface area contributed by atoms with E-state index in [0.29, 0.717) is 5.41 Å². The van der Waals surface area contributed by atoms with Crippen LogP contribution in [0.4, 0.5) is 0 Å². The van der Waals surface area contributed by atoms with Crippen LogP contribution in [0, 0.1) is 11.8 Å². The predicted octanol–water partition coefficient (Wildman–Crippen LogP) is 4.08. The summed E-state index contributed by atoms with van der Waals surface area (Å²) in [7, 11) is 0. The summed E-state index contributed by atoms with van der Waals surface area (Å²) in [5.74, 6) is 2.06. The normalized spacial score (nSPS) is 40.2. The Hall–Kier alpha value is -0.780. The van der Waals surface area contributed by atoms with Gasteiger partial charge in [-0.25, -0.2) is 0 Å². The molecule has 3 aliphatic carbocycles. The molecular weight excluding hydrogens is 192 g/mol. The van der Waals surface area contributed by atoms with Gasteiger partial charge in [0.25, 0.3) is 0 Å². The van der Waals surface area contributed by atoms with Crippen LogP contribution in [0.5, 0.6) is 0 Å². The lowest BCUT2D eigenvalue weighted by atomic mass is 9.58. The molecule has 4 rings (SSSR count). The van der Waals surface area contributed by atoms with Crippen LogP contribution in [0.15, 0.2) is 24.3 Å². The van der Waals surface area contributed by atoms with Gasteiger partial charge in [0, 0.05) is 0 Å². The lowest BCUT2D eigenvalue weighted by molar-refractivity contribution is 0.167. The van der Waals surface area contributed by atoms with E-state index in [1.807, 2.05) is 0 Å². The number of hydrogen-bond acceptors (Lipinski definition) is 0. The zero-order valence-electron chi connectivity index (χ0n) is 9.91. The van der Waals surface area contributed by atoms with Crippen molar-refractivity contribution in [1.29, 1.82) is 0 Å². The second-order valence-corrected chi connectivity index (χ2v) is 6.17. The van der Waals surface area contributed by atoms with E-state index in [1.165, 1.54) is 44.9 Å². The first kappa shape index (κ1) is 9.27. The number of hydrogen-bond donors (Lipinski definition) is 0. The van der Waals surface area contributed by atoms with Crippen LogP contribution >= 0.6 is 0 Å². The maximum atomic E-state index is 2.44. The molecule has 0 N–H and O–H groups in total. The van der Waals surface area contributed by atoms with E-state index in [1.54, 1.807) is 11.1 Å². The molecule has 1 aromatic rings. The van der Waals surface area contributed by atoms with Crippen molar-refractivity contribution in [2.75, 3.05) is 0 Å². The average molecular weight is 212 g/mol. The van der Waals surface area contributed by atoms with Crippen molar-refractivity contribution in [3.05, 3.63) is 35.4 Å². The molecule has 1 aromatic carbocycles. The van der Waals surface area contributed by atoms with E-state index in [9.17, 15) is 0 Å². The van der Waals surface area contributed by atoms with Gasteiger partial charge in [-0.1, -0.05) is 37.1 Å². The summed E-state index contributed by atoms with van der Waals surface area (Å²) in [4.78, 5) is 0. The van der Waals surface area contributed by atoms with Crippen LogP contribution in [-0.2, 0) is 11.8 Å². The number of benzene rings is 1. The van der Waals surface area contributed by atoms with E-state index in [4.69, 9.17) is 0 Å². The Morgan fingerprint density at radius 2 is 1.94 bits per heavy atom. The Kier molecular flexibility index (Phi) is 1.81. The van der Waals surface area contributed by atoms with Crippen molar-refractivity contribution < 1.29 is 0 Å². The third-order valence-corrected chi connectivity index (χ3v) is 5.66. The van der Waals surface area contributed by atoms with Gasteiger partial charge in [-0.3, -0.25) is 0 Å². The van der Waals surface area contributed by atoms with Crippen molar-refractivity contribution in [2.24, 2.45) is 11.8 Å². The molecule has 16 heavy (non-hydrogen) atoms. The van der Waals surface area contributed by atoms with Crippen molar-refractivity contribution >= 4 is 0 Å². The van der Waals surface area contributed by atoms with Crippen molar-refractivity contribution in [3.63, 3.8) is 0 Å². The molecule has 0 radical (unpaired) electrons. The van der Waals surface area contributed by atoms with Gasteiger partial charge in [-0.2, -0.15) is 0 Å². The molecule has 0 saturated heterocycles. The van der Waals surface area contributed by atoms with Crippen molar-refractivity contribution in [1.82, 2.24) is 0 Å². The lowest BCUT2D eigenvalue weighted by Gasteiger charge is -2.46. The summed E-state index contributed by atoms with van der Waals surface area (Å²) >= 11 is 0. The molecule has 0 heteroatoms. The molecule has 3 aliphatic rings. The van der Waals surface area contributed by atoms with Crippen LogP contribution < -0.4 is 0 Å². The van der Waals surface area contributed by atoms with E-state index in [-0.39, 0.29) is 0 Å². The zero-order chi connectivity index (χ0) is 10.6. The first-order valence-corrected chi connectivity index (χ1v) is 6.98. The minimum Gasteiger partial charge on any atom is -0.0620 e. The van der Waals surface area contributed by atoms with Crippen LogP contribution in [-0.4, -0.2) is 0 Å². The first-order chi connectivity index (χ1) is 7.90. The van der Waals surface area contributed by atoms with Gasteiger partial charge in [0.05, 0.1) is 0 Å². The molecule has 0 aliphatic heterocycles. The van der Waals surface area contributed by atoms with Gasteiger partial charge < -0.3 is 0 Å². The molecule has 2 saturated carbocycles. The molecule has 2 fully saturated rings. The summed E-state index contributed by atoms with van der Waals surface area (Å²) in [5.41, 5.74) is 4.05. The summed E-state index contributed by atoms with van der Waals surface area (Å²) in [6.07, 6.45) is 10.3. The highest BCUT2D eigenvalue weighted by atomic mass is 14.6. The molecule has 2 bridgehead atoms. The molecule has 0 aromatic heterocycles. The maximum Gasteiger partial charge on any atom is -0.00132 e. The SMILES string of the molecule is c1ccc2c(c1)CC1CCC23CCCCC13. The summed E-state index contributed by atoms with van der Waals surface area (Å²) in [6, 6.07) is 9.32. The molecule has 0 amide bonds. The topological polar surface area (TPSA) is 0 Å². The molecule has 3 unspecified atom stereocenters. The zero-order valence-corrected chi connectivity index (χ0v) is 9.91. The minimum atomic E-state index is 0.623. The Morgan fingerprint density at radius 1 is 1.00 bits per heavy atom. The fraction of sp³-hybridized carbons (Fsp3) is 0.625. The van der Waals surface area contributed by atoms with E-state index in [0.717, 1.165) is 11.8 Å².